The van der Waals surface area contributed by atoms with Crippen LogP contribution in [-0.4, -0.2) is 29.3 Å². The number of nitrogens with zero attached hydrogens (tertiary/aromatic N) is 2. The van der Waals surface area contributed by atoms with Crippen molar-refractivity contribution >= 4 is 17.6 Å². The molecule has 1 heterocycles. The Hall–Kier alpha value is -2.94. The first-order valence-corrected chi connectivity index (χ1v) is 6.17. The van der Waals surface area contributed by atoms with Crippen LogP contribution in [0.5, 0.6) is 5.75 Å². The molecule has 1 aliphatic rings. The van der Waals surface area contributed by atoms with Crippen LogP contribution < -0.4 is 4.74 Å². The number of carboxylic acids is 1. The molecule has 0 bridgehead atoms. The van der Waals surface area contributed by atoms with Gasteiger partial charge in [0.05, 0.1) is 0 Å². The van der Waals surface area contributed by atoms with Crippen LogP contribution in [0.15, 0.2) is 40.9 Å². The maximum atomic E-state index is 11.5. The Labute approximate surface area is 121 Å². The van der Waals surface area contributed by atoms with Crippen molar-refractivity contribution in [2.45, 2.75) is 12.8 Å². The van der Waals surface area contributed by atoms with Crippen molar-refractivity contribution in [1.29, 1.82) is 5.26 Å². The van der Waals surface area contributed by atoms with Crippen LogP contribution in [-0.2, 0) is 9.59 Å². The van der Waals surface area contributed by atoms with Crippen LogP contribution >= 0.6 is 0 Å². The number of carboxylic acid groups (broad SMARTS) is 1. The number of carbonyl (C=O) groups excluding carboxylic acids is 1. The lowest BCUT2D eigenvalue weighted by Crippen LogP contribution is -2.16. The molecule has 6 heteroatoms. The van der Waals surface area contributed by atoms with Gasteiger partial charge >= 0.3 is 5.97 Å². The summed E-state index contributed by atoms with van der Waals surface area (Å²) in [6.45, 7) is 1.32. The SMILES string of the molecule is CC1=NC(=O)C(C#N)=CC1c1ccc(OCC(=O)O)cc1. The van der Waals surface area contributed by atoms with E-state index < -0.39 is 18.5 Å². The van der Waals surface area contributed by atoms with E-state index in [9.17, 15) is 9.59 Å². The average molecular weight is 284 g/mol. The number of allylic oxidation sites excluding steroid dienone is 1. The van der Waals surface area contributed by atoms with Gasteiger partial charge in [0.25, 0.3) is 5.91 Å². The Morgan fingerprint density at radius 2 is 2.10 bits per heavy atom. The molecule has 1 aromatic carbocycles. The van der Waals surface area contributed by atoms with Crippen LogP contribution in [0.3, 0.4) is 0 Å². The number of ether oxygens (including phenoxy) is 1. The van der Waals surface area contributed by atoms with E-state index in [-0.39, 0.29) is 11.5 Å². The van der Waals surface area contributed by atoms with Crippen LogP contribution in [0.1, 0.15) is 18.4 Å². The highest BCUT2D eigenvalue weighted by molar-refractivity contribution is 6.10. The van der Waals surface area contributed by atoms with Gasteiger partial charge in [-0.05, 0) is 30.7 Å². The summed E-state index contributed by atoms with van der Waals surface area (Å²) in [7, 11) is 0. The smallest absolute Gasteiger partial charge is 0.341 e. The van der Waals surface area contributed by atoms with E-state index in [2.05, 4.69) is 4.99 Å². The summed E-state index contributed by atoms with van der Waals surface area (Å²) in [6, 6.07) is 8.62. The number of rotatable bonds is 4. The first kappa shape index (κ1) is 14.5. The lowest BCUT2D eigenvalue weighted by atomic mass is 9.90. The molecule has 106 valence electrons. The Morgan fingerprint density at radius 1 is 1.43 bits per heavy atom. The second-order valence-corrected chi connectivity index (χ2v) is 4.48. The zero-order valence-electron chi connectivity index (χ0n) is 11.2. The number of aliphatic carboxylic acids is 1. The van der Waals surface area contributed by atoms with Crippen molar-refractivity contribution < 1.29 is 19.4 Å². The third-order valence-electron chi connectivity index (χ3n) is 3.01. The van der Waals surface area contributed by atoms with Crippen molar-refractivity contribution in [3.63, 3.8) is 0 Å². The normalized spacial score (nSPS) is 17.5. The number of benzene rings is 1. The van der Waals surface area contributed by atoms with Crippen LogP contribution in [0.4, 0.5) is 0 Å². The summed E-state index contributed by atoms with van der Waals surface area (Å²) in [6.07, 6.45) is 1.58. The summed E-state index contributed by atoms with van der Waals surface area (Å²) in [4.78, 5) is 25.7. The molecule has 6 nitrogen and oxygen atoms in total. The van der Waals surface area contributed by atoms with Gasteiger partial charge < -0.3 is 9.84 Å². The number of amides is 1. The van der Waals surface area contributed by atoms with Gasteiger partial charge in [0.1, 0.15) is 17.4 Å². The fraction of sp³-hybridized carbons (Fsp3) is 0.200. The molecule has 0 saturated carbocycles. The minimum atomic E-state index is -1.05. The fourth-order valence-electron chi connectivity index (χ4n) is 1.99. The molecule has 1 atom stereocenters. The van der Waals surface area contributed by atoms with Gasteiger partial charge in [0, 0.05) is 11.6 Å². The van der Waals surface area contributed by atoms with E-state index in [1.165, 1.54) is 0 Å². The second kappa shape index (κ2) is 6.01. The molecular weight excluding hydrogens is 272 g/mol. The van der Waals surface area contributed by atoms with Gasteiger partial charge in [-0.15, -0.1) is 0 Å². The Morgan fingerprint density at radius 3 is 2.67 bits per heavy atom. The molecule has 1 aliphatic heterocycles. The third-order valence-corrected chi connectivity index (χ3v) is 3.01. The highest BCUT2D eigenvalue weighted by Crippen LogP contribution is 2.26. The van der Waals surface area contributed by atoms with Gasteiger partial charge in [-0.3, -0.25) is 4.79 Å². The van der Waals surface area contributed by atoms with Gasteiger partial charge in [-0.2, -0.15) is 5.26 Å². The molecule has 0 aromatic heterocycles. The Balaban J connectivity index is 2.20. The predicted molar refractivity (Wildman–Crippen MR) is 74.1 cm³/mol. The first-order valence-electron chi connectivity index (χ1n) is 6.17. The summed E-state index contributed by atoms with van der Waals surface area (Å²) < 4.78 is 5.04. The van der Waals surface area contributed by atoms with E-state index in [0.717, 1.165) is 5.56 Å². The standard InChI is InChI=1S/C15H12N2O4/c1-9-13(6-11(7-16)15(20)17-9)10-2-4-12(5-3-10)21-8-14(18)19/h2-6,13H,8H2,1H3,(H,18,19). The fourth-order valence-corrected chi connectivity index (χ4v) is 1.99. The van der Waals surface area contributed by atoms with E-state index in [0.29, 0.717) is 11.5 Å². The maximum Gasteiger partial charge on any atom is 0.341 e. The average Bonchev–Trinajstić information content (AvgIpc) is 2.46. The van der Waals surface area contributed by atoms with E-state index in [1.807, 2.05) is 6.07 Å². The lowest BCUT2D eigenvalue weighted by molar-refractivity contribution is -0.139. The maximum absolute atomic E-state index is 11.5. The molecule has 1 amide bonds. The number of aliphatic imine (C=N–C) groups is 1. The van der Waals surface area contributed by atoms with Crippen LogP contribution in [0, 0.1) is 11.3 Å². The Bertz CT molecular complexity index is 681. The van der Waals surface area contributed by atoms with Gasteiger partial charge in [-0.25, -0.2) is 9.79 Å². The molecule has 0 spiro atoms. The molecular formula is C15H12N2O4. The van der Waals surface area contributed by atoms with Crippen molar-refractivity contribution in [3.8, 4) is 11.8 Å². The molecule has 0 radical (unpaired) electrons. The van der Waals surface area contributed by atoms with E-state index in [4.69, 9.17) is 15.1 Å². The van der Waals surface area contributed by atoms with Gasteiger partial charge in [0.15, 0.2) is 6.61 Å². The first-order chi connectivity index (χ1) is 10.0. The molecule has 1 aromatic rings. The van der Waals surface area contributed by atoms with Gasteiger partial charge in [0.2, 0.25) is 0 Å². The minimum Gasteiger partial charge on any atom is -0.482 e. The Kier molecular flexibility index (Phi) is 4.14. The summed E-state index contributed by atoms with van der Waals surface area (Å²) >= 11 is 0. The summed E-state index contributed by atoms with van der Waals surface area (Å²) in [5, 5.41) is 17.4. The summed E-state index contributed by atoms with van der Waals surface area (Å²) in [5.74, 6) is -1.37. The number of dihydropyridines is 1. The number of hydrogen-bond acceptors (Lipinski definition) is 4. The number of hydrogen-bond donors (Lipinski definition) is 1. The zero-order valence-corrected chi connectivity index (χ0v) is 11.2. The third kappa shape index (κ3) is 3.34. The molecule has 0 saturated heterocycles. The van der Waals surface area contributed by atoms with Crippen molar-refractivity contribution in [2.24, 2.45) is 4.99 Å². The van der Waals surface area contributed by atoms with Crippen molar-refractivity contribution in [3.05, 3.63) is 41.5 Å². The highest BCUT2D eigenvalue weighted by atomic mass is 16.5. The predicted octanol–water partition coefficient (Wildman–Crippen LogP) is 1.68. The number of nitriles is 1. The topological polar surface area (TPSA) is 99.8 Å². The second-order valence-electron chi connectivity index (χ2n) is 4.48. The number of carbonyl (C=O) groups is 2. The van der Waals surface area contributed by atoms with Crippen molar-refractivity contribution in [1.82, 2.24) is 0 Å². The molecule has 0 aliphatic carbocycles. The van der Waals surface area contributed by atoms with Crippen LogP contribution in [0.2, 0.25) is 0 Å². The molecule has 0 fully saturated rings. The molecule has 21 heavy (non-hydrogen) atoms. The van der Waals surface area contributed by atoms with E-state index in [1.54, 1.807) is 37.3 Å². The lowest BCUT2D eigenvalue weighted by Gasteiger charge is -2.17. The zero-order chi connectivity index (χ0) is 15.4. The van der Waals surface area contributed by atoms with Crippen LogP contribution in [0.25, 0.3) is 0 Å². The highest BCUT2D eigenvalue weighted by Gasteiger charge is 2.22. The molecule has 1 N–H and O–H groups in total. The quantitative estimate of drug-likeness (QED) is 0.906. The van der Waals surface area contributed by atoms with E-state index >= 15 is 0 Å². The molecule has 2 rings (SSSR count). The minimum absolute atomic E-state index is 0.0248. The van der Waals surface area contributed by atoms with Crippen molar-refractivity contribution in [2.75, 3.05) is 6.61 Å². The summed E-state index contributed by atoms with van der Waals surface area (Å²) in [5.41, 5.74) is 1.48. The monoisotopic (exact) mass is 284 g/mol. The molecule has 1 unspecified atom stereocenters. The van der Waals surface area contributed by atoms with Gasteiger partial charge in [-0.1, -0.05) is 12.1 Å². The largest absolute Gasteiger partial charge is 0.482 e.